The number of rotatable bonds is 15. The quantitative estimate of drug-likeness (QED) is 0.0593. The predicted molar refractivity (Wildman–Crippen MR) is 216 cm³/mol. The minimum atomic E-state index is 0. The van der Waals surface area contributed by atoms with Crippen LogP contribution in [0.5, 0.6) is 23.1 Å². The highest BCUT2D eigenvalue weighted by atomic mass is 35.5. The number of benzene rings is 4. The maximum absolute atomic E-state index is 11.8. The average molecular weight is 767 g/mol. The number of carbonyl (C=O) groups is 2. The molecule has 10 heteroatoms. The van der Waals surface area contributed by atoms with Crippen molar-refractivity contribution >= 4 is 41.8 Å². The van der Waals surface area contributed by atoms with Crippen molar-refractivity contribution in [1.29, 1.82) is 0 Å². The summed E-state index contributed by atoms with van der Waals surface area (Å²) in [5.41, 5.74) is 7.97. The lowest BCUT2D eigenvalue weighted by molar-refractivity contribution is -0.104. The lowest BCUT2D eigenvalue weighted by atomic mass is 10.1. The molecule has 54 heavy (non-hydrogen) atoms. The number of hydrogen-bond donors (Lipinski definition) is 0. The molecule has 2 heterocycles. The number of piperazine rings is 1. The van der Waals surface area contributed by atoms with Crippen molar-refractivity contribution in [2.45, 2.75) is 40.3 Å². The minimum absolute atomic E-state index is 0. The summed E-state index contributed by atoms with van der Waals surface area (Å²) in [6, 6.07) is 31.6. The van der Waals surface area contributed by atoms with Crippen molar-refractivity contribution in [3.8, 4) is 23.1 Å². The number of ether oxygens (including phenoxy) is 3. The van der Waals surface area contributed by atoms with E-state index >= 15 is 0 Å². The number of Topliss-reactive ketones (excluding diaryl/α,β-unsaturated/α-hetero) is 1. The molecule has 0 atom stereocenters. The van der Waals surface area contributed by atoms with Crippen LogP contribution in [-0.4, -0.2) is 59.6 Å². The van der Waals surface area contributed by atoms with E-state index in [1.807, 2.05) is 49.4 Å². The maximum Gasteiger partial charge on any atom is 0.219 e. The zero-order chi connectivity index (χ0) is 37.2. The highest BCUT2D eigenvalue weighted by Gasteiger charge is 2.22. The normalized spacial score (nSPS) is 13.2. The van der Waals surface area contributed by atoms with Gasteiger partial charge in [0, 0.05) is 62.5 Å². The first-order chi connectivity index (χ1) is 25.7. The van der Waals surface area contributed by atoms with E-state index in [2.05, 4.69) is 58.1 Å². The van der Waals surface area contributed by atoms with Crippen LogP contribution in [0.2, 0.25) is 5.02 Å². The molecule has 5 aromatic rings. The second-order valence-electron chi connectivity index (χ2n) is 13.3. The SMILES string of the molecule is CC(=O)c1ccc(OCCc2ccc(CN3CCN(/C(=C\C=O)c4cc(C)c(Oc5ccc(OCc6ccc(C)cc6)cn5)c(Cl)c4)CC3)cc2)cc1.Cl. The third-order valence-electron chi connectivity index (χ3n) is 9.26. The molecule has 4 aromatic carbocycles. The molecule has 0 N–H and O–H groups in total. The van der Waals surface area contributed by atoms with Crippen LogP contribution in [0, 0.1) is 13.8 Å². The molecular weight excluding hydrogens is 721 g/mol. The molecule has 0 spiro atoms. The second-order valence-corrected chi connectivity index (χ2v) is 13.7. The Morgan fingerprint density at radius 2 is 1.46 bits per heavy atom. The molecule has 1 saturated heterocycles. The molecule has 1 aliphatic rings. The van der Waals surface area contributed by atoms with Crippen LogP contribution < -0.4 is 14.2 Å². The van der Waals surface area contributed by atoms with Gasteiger partial charge in [0.15, 0.2) is 11.5 Å². The molecule has 0 aliphatic carbocycles. The number of allylic oxidation sites excluding steroid dienone is 1. The number of nitrogens with zero attached hydrogens (tertiary/aromatic N) is 3. The van der Waals surface area contributed by atoms with Crippen molar-refractivity contribution in [2.75, 3.05) is 32.8 Å². The molecule has 280 valence electrons. The van der Waals surface area contributed by atoms with Crippen LogP contribution in [0.1, 0.15) is 50.7 Å². The Balaban J connectivity index is 0.00000561. The third kappa shape index (κ3) is 10.9. The molecule has 0 bridgehead atoms. The fourth-order valence-electron chi connectivity index (χ4n) is 6.21. The monoisotopic (exact) mass is 765 g/mol. The fourth-order valence-corrected chi connectivity index (χ4v) is 6.52. The van der Waals surface area contributed by atoms with E-state index in [0.29, 0.717) is 41.2 Å². The number of aldehydes is 1. The maximum atomic E-state index is 11.8. The average Bonchev–Trinajstić information content (AvgIpc) is 3.17. The summed E-state index contributed by atoms with van der Waals surface area (Å²) < 4.78 is 17.9. The molecule has 0 saturated carbocycles. The molecule has 0 unspecified atom stereocenters. The van der Waals surface area contributed by atoms with Crippen molar-refractivity contribution in [3.63, 3.8) is 0 Å². The Morgan fingerprint density at radius 1 is 0.796 bits per heavy atom. The van der Waals surface area contributed by atoms with E-state index in [-0.39, 0.29) is 18.2 Å². The number of ketones is 1. The van der Waals surface area contributed by atoms with E-state index in [1.54, 1.807) is 37.4 Å². The van der Waals surface area contributed by atoms with E-state index in [4.69, 9.17) is 25.8 Å². The zero-order valence-corrected chi connectivity index (χ0v) is 32.4. The summed E-state index contributed by atoms with van der Waals surface area (Å²) in [5.74, 6) is 2.38. The van der Waals surface area contributed by atoms with Crippen molar-refractivity contribution in [2.24, 2.45) is 0 Å². The standard InChI is InChI=1S/C44H44ClN3O5.ClH/c1-31-4-6-36(7-5-31)30-52-40-16-17-43(46-28-40)53-44-32(2)26-38(27-41(44)45)42(18-24-49)48-22-20-47(21-23-48)29-35-10-8-34(9-11-35)19-25-51-39-14-12-37(13-15-39)33(3)50;/h4-18,24,26-28H,19-23,25,29-30H2,1-3H3;1H/b42-18-;. The first-order valence-corrected chi connectivity index (χ1v) is 18.2. The van der Waals surface area contributed by atoms with Gasteiger partial charge >= 0.3 is 0 Å². The molecule has 0 amide bonds. The predicted octanol–water partition coefficient (Wildman–Crippen LogP) is 9.33. The van der Waals surface area contributed by atoms with Gasteiger partial charge in [-0.1, -0.05) is 65.7 Å². The van der Waals surface area contributed by atoms with Gasteiger partial charge in [-0.15, -0.1) is 12.4 Å². The molecule has 1 aliphatic heterocycles. The highest BCUT2D eigenvalue weighted by molar-refractivity contribution is 6.32. The van der Waals surface area contributed by atoms with Crippen LogP contribution in [0.3, 0.4) is 0 Å². The Morgan fingerprint density at radius 3 is 2.09 bits per heavy atom. The number of aromatic nitrogens is 1. The zero-order valence-electron chi connectivity index (χ0n) is 30.8. The van der Waals surface area contributed by atoms with E-state index in [0.717, 1.165) is 73.6 Å². The van der Waals surface area contributed by atoms with Crippen LogP contribution in [0.4, 0.5) is 0 Å². The topological polar surface area (TPSA) is 81.2 Å². The van der Waals surface area contributed by atoms with E-state index < -0.39 is 0 Å². The number of aryl methyl sites for hydroxylation is 2. The van der Waals surface area contributed by atoms with Gasteiger partial charge < -0.3 is 19.1 Å². The van der Waals surface area contributed by atoms with Crippen LogP contribution >= 0.6 is 24.0 Å². The van der Waals surface area contributed by atoms with Crippen LogP contribution in [0.15, 0.2) is 109 Å². The van der Waals surface area contributed by atoms with Gasteiger partial charge in [-0.3, -0.25) is 14.5 Å². The second kappa shape index (κ2) is 19.3. The molecule has 1 aromatic heterocycles. The van der Waals surface area contributed by atoms with Gasteiger partial charge in [-0.2, -0.15) is 0 Å². The molecular formula is C44H45Cl2N3O5. The minimum Gasteiger partial charge on any atom is -0.493 e. The summed E-state index contributed by atoms with van der Waals surface area (Å²) in [6.45, 7) is 10.7. The Hall–Kier alpha value is -5.15. The lowest BCUT2D eigenvalue weighted by Crippen LogP contribution is -2.45. The van der Waals surface area contributed by atoms with Crippen molar-refractivity contribution in [1.82, 2.24) is 14.8 Å². The van der Waals surface area contributed by atoms with E-state index in [1.165, 1.54) is 16.7 Å². The van der Waals surface area contributed by atoms with Crippen molar-refractivity contribution in [3.05, 3.63) is 153 Å². The smallest absolute Gasteiger partial charge is 0.219 e. The first kappa shape index (κ1) is 40.0. The van der Waals surface area contributed by atoms with Gasteiger partial charge in [0.05, 0.1) is 17.8 Å². The summed E-state index contributed by atoms with van der Waals surface area (Å²) in [4.78, 5) is 32.3. The van der Waals surface area contributed by atoms with Crippen molar-refractivity contribution < 1.29 is 23.8 Å². The number of pyridine rings is 1. The van der Waals surface area contributed by atoms with Gasteiger partial charge in [-0.05, 0) is 91.1 Å². The Kier molecular flexibility index (Phi) is 14.3. The van der Waals surface area contributed by atoms with Gasteiger partial charge in [0.25, 0.3) is 0 Å². The Labute approximate surface area is 328 Å². The van der Waals surface area contributed by atoms with Crippen LogP contribution in [-0.2, 0) is 24.4 Å². The van der Waals surface area contributed by atoms with Gasteiger partial charge in [0.2, 0.25) is 5.88 Å². The summed E-state index contributed by atoms with van der Waals surface area (Å²) in [7, 11) is 0. The molecule has 0 radical (unpaired) electrons. The largest absolute Gasteiger partial charge is 0.493 e. The highest BCUT2D eigenvalue weighted by Crippen LogP contribution is 2.36. The van der Waals surface area contributed by atoms with Crippen LogP contribution in [0.25, 0.3) is 5.70 Å². The molecule has 6 rings (SSSR count). The van der Waals surface area contributed by atoms with Gasteiger partial charge in [0.1, 0.15) is 24.4 Å². The molecule has 1 fully saturated rings. The lowest BCUT2D eigenvalue weighted by Gasteiger charge is -2.37. The summed E-state index contributed by atoms with van der Waals surface area (Å²) in [5, 5.41) is 0.440. The number of carbonyl (C=O) groups excluding carboxylic acids is 2. The summed E-state index contributed by atoms with van der Waals surface area (Å²) >= 11 is 6.79. The van der Waals surface area contributed by atoms with Gasteiger partial charge in [-0.25, -0.2) is 4.98 Å². The number of halogens is 2. The van der Waals surface area contributed by atoms with E-state index in [9.17, 15) is 9.59 Å². The first-order valence-electron chi connectivity index (χ1n) is 17.8. The number of hydrogen-bond acceptors (Lipinski definition) is 8. The fraction of sp³-hybridized carbons (Fsp3) is 0.250. The third-order valence-corrected chi connectivity index (χ3v) is 9.54. The Bertz CT molecular complexity index is 2000. The summed E-state index contributed by atoms with van der Waals surface area (Å²) in [6.07, 6.45) is 4.88. The molecule has 8 nitrogen and oxygen atoms in total.